The fourth-order valence-corrected chi connectivity index (χ4v) is 5.13. The third kappa shape index (κ3) is 3.54. The Morgan fingerprint density at radius 2 is 2.00 bits per heavy atom. The van der Waals surface area contributed by atoms with Gasteiger partial charge < -0.3 is 5.32 Å². The lowest BCUT2D eigenvalue weighted by Gasteiger charge is -2.43. The van der Waals surface area contributed by atoms with E-state index >= 15 is 0 Å². The van der Waals surface area contributed by atoms with E-state index in [4.69, 9.17) is 11.6 Å². The molecular weight excluding hydrogens is 391 g/mol. The normalized spacial score (nSPS) is 15.5. The van der Waals surface area contributed by atoms with Crippen LogP contribution in [0.15, 0.2) is 41.8 Å². The van der Waals surface area contributed by atoms with Crippen molar-refractivity contribution in [2.24, 2.45) is 0 Å². The molecule has 0 saturated heterocycles. The van der Waals surface area contributed by atoms with Crippen molar-refractivity contribution in [3.05, 3.63) is 63.2 Å². The van der Waals surface area contributed by atoms with Crippen LogP contribution in [0.4, 0.5) is 4.39 Å². The van der Waals surface area contributed by atoms with Crippen LogP contribution in [0.3, 0.4) is 0 Å². The maximum atomic E-state index is 13.2. The van der Waals surface area contributed by atoms with Gasteiger partial charge in [0.1, 0.15) is 10.8 Å². The fraction of sp³-hybridized carbons (Fsp3) is 0.263. The Morgan fingerprint density at radius 3 is 2.62 bits per heavy atom. The fourth-order valence-electron chi connectivity index (χ4n) is 3.19. The number of rotatable bonds is 5. The molecule has 1 saturated carbocycles. The van der Waals surface area contributed by atoms with Gasteiger partial charge in [-0.2, -0.15) is 0 Å². The van der Waals surface area contributed by atoms with Crippen molar-refractivity contribution in [2.75, 3.05) is 0 Å². The monoisotopic (exact) mass is 406 g/mol. The van der Waals surface area contributed by atoms with Crippen LogP contribution in [0.2, 0.25) is 4.34 Å². The van der Waals surface area contributed by atoms with Crippen LogP contribution in [0.5, 0.6) is 0 Å². The third-order valence-corrected chi connectivity index (χ3v) is 6.95. The highest BCUT2D eigenvalue weighted by Gasteiger charge is 2.39. The minimum Gasteiger partial charge on any atom is -0.346 e. The largest absolute Gasteiger partial charge is 0.346 e. The lowest BCUT2D eigenvalue weighted by molar-refractivity contribution is -0.123. The summed E-state index contributed by atoms with van der Waals surface area (Å²) < 4.78 is 13.9. The number of thiazole rings is 1. The van der Waals surface area contributed by atoms with Crippen LogP contribution in [-0.2, 0) is 16.8 Å². The van der Waals surface area contributed by atoms with Crippen LogP contribution in [0.25, 0.3) is 9.88 Å². The van der Waals surface area contributed by atoms with Crippen molar-refractivity contribution >= 4 is 40.2 Å². The summed E-state index contributed by atoms with van der Waals surface area (Å²) in [6, 6.07) is 10.2. The van der Waals surface area contributed by atoms with Gasteiger partial charge in [-0.1, -0.05) is 23.7 Å². The lowest BCUT2D eigenvalue weighted by atomic mass is 9.71. The summed E-state index contributed by atoms with van der Waals surface area (Å²) in [5.74, 6) is -0.326. The highest BCUT2D eigenvalue weighted by Crippen LogP contribution is 2.41. The molecule has 0 aliphatic heterocycles. The maximum Gasteiger partial charge on any atom is 0.226 e. The number of carbonyl (C=O) groups excluding carboxylic acids is 1. The molecule has 26 heavy (non-hydrogen) atoms. The number of amides is 1. The Bertz CT molecular complexity index is 931. The van der Waals surface area contributed by atoms with Crippen molar-refractivity contribution in [3.8, 4) is 9.88 Å². The highest BCUT2D eigenvalue weighted by atomic mass is 35.5. The van der Waals surface area contributed by atoms with Gasteiger partial charge in [-0.15, -0.1) is 22.7 Å². The SMILES string of the molecule is O=C(Cc1csc(-c2ccc(Cl)s2)n1)NC1(c2ccc(F)cc2)CCC1. The molecular formula is C19H16ClFN2OS2. The molecule has 1 N–H and O–H groups in total. The average molecular weight is 407 g/mol. The van der Waals surface area contributed by atoms with Gasteiger partial charge in [-0.05, 0) is 49.1 Å². The molecule has 1 aromatic carbocycles. The Morgan fingerprint density at radius 1 is 1.23 bits per heavy atom. The summed E-state index contributed by atoms with van der Waals surface area (Å²) in [7, 11) is 0. The van der Waals surface area contributed by atoms with E-state index in [9.17, 15) is 9.18 Å². The topological polar surface area (TPSA) is 42.0 Å². The van der Waals surface area contributed by atoms with Crippen LogP contribution in [0, 0.1) is 5.82 Å². The zero-order valence-electron chi connectivity index (χ0n) is 13.8. The second kappa shape index (κ2) is 7.10. The van der Waals surface area contributed by atoms with Crippen molar-refractivity contribution in [3.63, 3.8) is 0 Å². The van der Waals surface area contributed by atoms with Gasteiger partial charge in [0, 0.05) is 5.38 Å². The van der Waals surface area contributed by atoms with Crippen molar-refractivity contribution in [1.29, 1.82) is 0 Å². The number of thiophene rings is 1. The van der Waals surface area contributed by atoms with Gasteiger partial charge in [-0.25, -0.2) is 9.37 Å². The van der Waals surface area contributed by atoms with Gasteiger partial charge in [0.05, 0.1) is 26.9 Å². The second-order valence-electron chi connectivity index (χ2n) is 6.42. The molecule has 3 aromatic rings. The Labute approximate surface area is 163 Å². The van der Waals surface area contributed by atoms with Gasteiger partial charge in [0.25, 0.3) is 0 Å². The van der Waals surface area contributed by atoms with E-state index < -0.39 is 0 Å². The molecule has 2 heterocycles. The molecule has 0 spiro atoms. The van der Waals surface area contributed by atoms with Crippen molar-refractivity contribution < 1.29 is 9.18 Å². The molecule has 0 bridgehead atoms. The van der Waals surface area contributed by atoms with Crippen molar-refractivity contribution in [2.45, 2.75) is 31.2 Å². The van der Waals surface area contributed by atoms with Gasteiger partial charge in [0.15, 0.2) is 0 Å². The second-order valence-corrected chi connectivity index (χ2v) is 8.99. The number of nitrogens with one attached hydrogen (secondary N) is 1. The Kier molecular flexibility index (Phi) is 4.82. The number of hydrogen-bond donors (Lipinski definition) is 1. The number of benzene rings is 1. The van der Waals surface area contributed by atoms with E-state index in [0.29, 0.717) is 0 Å². The lowest BCUT2D eigenvalue weighted by Crippen LogP contribution is -2.51. The van der Waals surface area contributed by atoms with E-state index in [2.05, 4.69) is 10.3 Å². The van der Waals surface area contributed by atoms with E-state index in [1.54, 1.807) is 12.1 Å². The minimum atomic E-state index is -0.370. The first-order chi connectivity index (χ1) is 12.5. The molecule has 7 heteroatoms. The summed E-state index contributed by atoms with van der Waals surface area (Å²) in [6.45, 7) is 0. The summed E-state index contributed by atoms with van der Waals surface area (Å²) >= 11 is 8.96. The predicted octanol–water partition coefficient (Wildman–Crippen LogP) is 5.40. The number of hydrogen-bond acceptors (Lipinski definition) is 4. The maximum absolute atomic E-state index is 13.2. The molecule has 1 amide bonds. The van der Waals surface area contributed by atoms with E-state index in [0.717, 1.165) is 44.7 Å². The smallest absolute Gasteiger partial charge is 0.226 e. The molecule has 1 aliphatic carbocycles. The van der Waals surface area contributed by atoms with Crippen LogP contribution in [-0.4, -0.2) is 10.9 Å². The molecule has 134 valence electrons. The quantitative estimate of drug-likeness (QED) is 0.616. The minimum absolute atomic E-state index is 0.0601. The first-order valence-corrected chi connectivity index (χ1v) is 10.4. The summed E-state index contributed by atoms with van der Waals surface area (Å²) in [6.07, 6.45) is 3.04. The molecule has 1 aliphatic rings. The number of carbonyl (C=O) groups is 1. The number of halogens is 2. The number of aromatic nitrogens is 1. The van der Waals surface area contributed by atoms with E-state index in [-0.39, 0.29) is 23.7 Å². The first-order valence-electron chi connectivity index (χ1n) is 8.31. The van der Waals surface area contributed by atoms with Crippen molar-refractivity contribution in [1.82, 2.24) is 10.3 Å². The molecule has 0 radical (unpaired) electrons. The van der Waals surface area contributed by atoms with Gasteiger partial charge >= 0.3 is 0 Å². The molecule has 0 atom stereocenters. The third-order valence-electron chi connectivity index (χ3n) is 4.66. The summed E-state index contributed by atoms with van der Waals surface area (Å²) in [5, 5.41) is 5.94. The molecule has 4 rings (SSSR count). The van der Waals surface area contributed by atoms with Crippen LogP contribution >= 0.6 is 34.3 Å². The molecule has 2 aromatic heterocycles. The zero-order chi connectivity index (χ0) is 18.1. The summed E-state index contributed by atoms with van der Waals surface area (Å²) in [5.41, 5.74) is 1.34. The van der Waals surface area contributed by atoms with Gasteiger partial charge in [0.2, 0.25) is 5.91 Å². The number of nitrogens with zero attached hydrogens (tertiary/aromatic N) is 1. The van der Waals surface area contributed by atoms with E-state index in [1.807, 2.05) is 17.5 Å². The molecule has 1 fully saturated rings. The summed E-state index contributed by atoms with van der Waals surface area (Å²) in [4.78, 5) is 18.1. The predicted molar refractivity (Wildman–Crippen MR) is 104 cm³/mol. The first kappa shape index (κ1) is 17.6. The average Bonchev–Trinajstić information content (AvgIpc) is 3.21. The Balaban J connectivity index is 1.45. The van der Waals surface area contributed by atoms with Crippen LogP contribution < -0.4 is 5.32 Å². The molecule has 3 nitrogen and oxygen atoms in total. The Hall–Kier alpha value is -1.76. The highest BCUT2D eigenvalue weighted by molar-refractivity contribution is 7.23. The van der Waals surface area contributed by atoms with Gasteiger partial charge in [-0.3, -0.25) is 4.79 Å². The molecule has 0 unspecified atom stereocenters. The standard InChI is InChI=1S/C19H16ClFN2OS2/c20-16-7-6-15(26-16)18-22-14(11-25-18)10-17(24)23-19(8-1-9-19)12-2-4-13(21)5-3-12/h2-7,11H,1,8-10H2,(H,23,24). The van der Waals surface area contributed by atoms with Crippen LogP contribution in [0.1, 0.15) is 30.5 Å². The zero-order valence-corrected chi connectivity index (χ0v) is 16.2. The van der Waals surface area contributed by atoms with E-state index in [1.165, 1.54) is 34.8 Å².